The highest BCUT2D eigenvalue weighted by Gasteiger charge is 2.10. The average Bonchev–Trinajstić information content (AvgIpc) is 2.52. The zero-order chi connectivity index (χ0) is 16.4. The van der Waals surface area contributed by atoms with E-state index in [0.717, 1.165) is 8.25 Å². The summed E-state index contributed by atoms with van der Waals surface area (Å²) in [5, 5.41) is 5.74. The number of aromatic nitrogens is 2. The molecule has 7 heteroatoms. The molecule has 1 heterocycles. The van der Waals surface area contributed by atoms with Crippen LogP contribution in [-0.2, 0) is 11.3 Å². The Hall–Kier alpha value is -2.42. The molecule has 3 aromatic rings. The molecule has 1 amide bonds. The quantitative estimate of drug-likeness (QED) is 0.635. The second-order valence-corrected chi connectivity index (χ2v) is 6.18. The van der Waals surface area contributed by atoms with Crippen LogP contribution < -0.4 is 16.4 Å². The third-order valence-electron chi connectivity index (χ3n) is 3.29. The van der Waals surface area contributed by atoms with Crippen molar-refractivity contribution in [3.05, 3.63) is 72.8 Å². The smallest absolute Gasteiger partial charge is 0.273 e. The van der Waals surface area contributed by atoms with Gasteiger partial charge in [-0.25, -0.2) is 4.68 Å². The Bertz CT molecular complexity index is 1010. The van der Waals surface area contributed by atoms with Gasteiger partial charge in [0.15, 0.2) is 0 Å². The summed E-state index contributed by atoms with van der Waals surface area (Å²) in [5.74, 6) is -0.389. The SMILES string of the molecule is O=C(Cn1[nH]c(=O)c2ccccc2c1=O)Nc1cccc(I)c1. The van der Waals surface area contributed by atoms with Crippen molar-refractivity contribution in [2.75, 3.05) is 5.32 Å². The molecule has 0 bridgehead atoms. The van der Waals surface area contributed by atoms with E-state index >= 15 is 0 Å². The molecule has 0 saturated heterocycles. The van der Waals surface area contributed by atoms with Crippen molar-refractivity contribution < 1.29 is 4.79 Å². The van der Waals surface area contributed by atoms with Crippen molar-refractivity contribution >= 4 is 45.0 Å². The minimum absolute atomic E-state index is 0.260. The van der Waals surface area contributed by atoms with E-state index in [9.17, 15) is 14.4 Å². The summed E-state index contributed by atoms with van der Waals surface area (Å²) >= 11 is 2.14. The predicted molar refractivity (Wildman–Crippen MR) is 96.6 cm³/mol. The maximum absolute atomic E-state index is 12.3. The summed E-state index contributed by atoms with van der Waals surface area (Å²) in [4.78, 5) is 36.4. The van der Waals surface area contributed by atoms with Gasteiger partial charge in [0, 0.05) is 9.26 Å². The molecule has 2 aromatic carbocycles. The van der Waals surface area contributed by atoms with Crippen molar-refractivity contribution in [2.24, 2.45) is 0 Å². The van der Waals surface area contributed by atoms with Gasteiger partial charge in [-0.15, -0.1) is 0 Å². The molecule has 6 nitrogen and oxygen atoms in total. The fourth-order valence-electron chi connectivity index (χ4n) is 2.27. The first kappa shape index (κ1) is 15.5. The number of halogens is 1. The molecule has 0 aliphatic rings. The summed E-state index contributed by atoms with van der Waals surface area (Å²) in [6.07, 6.45) is 0. The van der Waals surface area contributed by atoms with E-state index in [1.807, 2.05) is 18.2 Å². The number of hydrogen-bond acceptors (Lipinski definition) is 3. The van der Waals surface area contributed by atoms with Crippen LogP contribution in [-0.4, -0.2) is 15.7 Å². The minimum Gasteiger partial charge on any atom is -0.324 e. The molecule has 0 radical (unpaired) electrons. The van der Waals surface area contributed by atoms with Gasteiger partial charge in [-0.3, -0.25) is 19.5 Å². The van der Waals surface area contributed by atoms with Gasteiger partial charge in [0.2, 0.25) is 5.91 Å². The standard InChI is InChI=1S/C16H12IN3O3/c17-10-4-3-5-11(8-10)18-14(21)9-20-16(23)13-7-2-1-6-12(13)15(22)19-20/h1-8H,9H2,(H,18,21)(H,19,22). The van der Waals surface area contributed by atoms with Crippen molar-refractivity contribution in [2.45, 2.75) is 6.54 Å². The van der Waals surface area contributed by atoms with Crippen LogP contribution >= 0.6 is 22.6 Å². The van der Waals surface area contributed by atoms with E-state index in [4.69, 9.17) is 0 Å². The van der Waals surface area contributed by atoms with Crippen LogP contribution in [0.1, 0.15) is 0 Å². The molecular weight excluding hydrogens is 409 g/mol. The molecule has 0 atom stereocenters. The number of benzene rings is 2. The number of nitrogens with zero attached hydrogens (tertiary/aromatic N) is 1. The molecule has 0 unspecified atom stereocenters. The number of fused-ring (bicyclic) bond motifs is 1. The first-order chi connectivity index (χ1) is 11.0. The van der Waals surface area contributed by atoms with Crippen molar-refractivity contribution in [3.63, 3.8) is 0 Å². The van der Waals surface area contributed by atoms with Crippen LogP contribution in [0.2, 0.25) is 0 Å². The molecule has 2 N–H and O–H groups in total. The third kappa shape index (κ3) is 3.34. The number of anilines is 1. The largest absolute Gasteiger partial charge is 0.324 e. The van der Waals surface area contributed by atoms with E-state index in [1.165, 1.54) is 0 Å². The second-order valence-electron chi connectivity index (χ2n) is 4.94. The number of aromatic amines is 1. The van der Waals surface area contributed by atoms with E-state index in [0.29, 0.717) is 16.5 Å². The number of rotatable bonds is 3. The Morgan fingerprint density at radius 1 is 1.09 bits per heavy atom. The van der Waals surface area contributed by atoms with Crippen molar-refractivity contribution in [1.82, 2.24) is 9.78 Å². The highest BCUT2D eigenvalue weighted by Crippen LogP contribution is 2.12. The fourth-order valence-corrected chi connectivity index (χ4v) is 2.81. The third-order valence-corrected chi connectivity index (χ3v) is 3.96. The molecule has 0 aliphatic carbocycles. The summed E-state index contributed by atoms with van der Waals surface area (Å²) in [6.45, 7) is -0.260. The second kappa shape index (κ2) is 6.37. The van der Waals surface area contributed by atoms with Crippen LogP contribution in [0.25, 0.3) is 10.8 Å². The van der Waals surface area contributed by atoms with Crippen LogP contribution in [0, 0.1) is 3.57 Å². The van der Waals surface area contributed by atoms with Crippen LogP contribution in [0.5, 0.6) is 0 Å². The Morgan fingerprint density at radius 2 is 1.83 bits per heavy atom. The normalized spacial score (nSPS) is 10.7. The number of carbonyl (C=O) groups is 1. The Labute approximate surface area is 144 Å². The fraction of sp³-hybridized carbons (Fsp3) is 0.0625. The molecular formula is C16H12IN3O3. The zero-order valence-corrected chi connectivity index (χ0v) is 14.0. The molecule has 116 valence electrons. The van der Waals surface area contributed by atoms with Crippen LogP contribution in [0.4, 0.5) is 5.69 Å². The summed E-state index contributed by atoms with van der Waals surface area (Å²) < 4.78 is 2.00. The Balaban J connectivity index is 1.90. The molecule has 0 aliphatic heterocycles. The molecule has 0 spiro atoms. The Kier molecular flexibility index (Phi) is 4.28. The van der Waals surface area contributed by atoms with E-state index in [1.54, 1.807) is 30.3 Å². The molecule has 3 rings (SSSR count). The molecule has 0 saturated carbocycles. The lowest BCUT2D eigenvalue weighted by Crippen LogP contribution is -2.34. The maximum atomic E-state index is 12.3. The highest BCUT2D eigenvalue weighted by atomic mass is 127. The lowest BCUT2D eigenvalue weighted by atomic mass is 10.2. The molecule has 0 fully saturated rings. The predicted octanol–water partition coefficient (Wildman–Crippen LogP) is 1.93. The van der Waals surface area contributed by atoms with Gasteiger partial charge in [-0.1, -0.05) is 18.2 Å². The van der Waals surface area contributed by atoms with Gasteiger partial charge in [0.25, 0.3) is 11.1 Å². The van der Waals surface area contributed by atoms with Gasteiger partial charge < -0.3 is 5.32 Å². The number of hydrogen-bond donors (Lipinski definition) is 2. The monoisotopic (exact) mass is 421 g/mol. The van der Waals surface area contributed by atoms with E-state index < -0.39 is 11.1 Å². The zero-order valence-electron chi connectivity index (χ0n) is 11.9. The average molecular weight is 421 g/mol. The first-order valence-corrected chi connectivity index (χ1v) is 7.90. The summed E-state index contributed by atoms with van der Waals surface area (Å²) in [6, 6.07) is 13.8. The van der Waals surface area contributed by atoms with Crippen LogP contribution in [0.15, 0.2) is 58.1 Å². The summed E-state index contributed by atoms with van der Waals surface area (Å²) in [7, 11) is 0. The number of carbonyl (C=O) groups excluding carboxylic acids is 1. The van der Waals surface area contributed by atoms with Crippen molar-refractivity contribution in [3.8, 4) is 0 Å². The number of H-pyrrole nitrogens is 1. The summed E-state index contributed by atoms with van der Waals surface area (Å²) in [5.41, 5.74) is -0.168. The van der Waals surface area contributed by atoms with Crippen LogP contribution in [0.3, 0.4) is 0 Å². The topological polar surface area (TPSA) is 84.0 Å². The lowest BCUT2D eigenvalue weighted by molar-refractivity contribution is -0.117. The van der Waals surface area contributed by atoms with Gasteiger partial charge in [-0.05, 0) is 52.9 Å². The van der Waals surface area contributed by atoms with Crippen molar-refractivity contribution in [1.29, 1.82) is 0 Å². The maximum Gasteiger partial charge on any atom is 0.273 e. The number of nitrogens with one attached hydrogen (secondary N) is 2. The minimum atomic E-state index is -0.405. The number of amides is 1. The Morgan fingerprint density at radius 3 is 2.57 bits per heavy atom. The van der Waals surface area contributed by atoms with E-state index in [2.05, 4.69) is 33.0 Å². The first-order valence-electron chi connectivity index (χ1n) is 6.82. The van der Waals surface area contributed by atoms with Gasteiger partial charge in [0.05, 0.1) is 10.8 Å². The molecule has 23 heavy (non-hydrogen) atoms. The van der Waals surface area contributed by atoms with E-state index in [-0.39, 0.29) is 12.5 Å². The van der Waals surface area contributed by atoms with Gasteiger partial charge >= 0.3 is 0 Å². The highest BCUT2D eigenvalue weighted by molar-refractivity contribution is 14.1. The lowest BCUT2D eigenvalue weighted by Gasteiger charge is -2.08. The van der Waals surface area contributed by atoms with Gasteiger partial charge in [-0.2, -0.15) is 0 Å². The van der Waals surface area contributed by atoms with Gasteiger partial charge in [0.1, 0.15) is 6.54 Å². The molecule has 1 aromatic heterocycles.